The molecule has 1 amide bonds. The minimum atomic E-state index is -3.79. The predicted octanol–water partition coefficient (Wildman–Crippen LogP) is 5.06. The van der Waals surface area contributed by atoms with Crippen LogP contribution in [0.1, 0.15) is 35.1 Å². The molecule has 3 aromatic carbocycles. The maximum absolute atomic E-state index is 13.4. The highest BCUT2D eigenvalue weighted by Crippen LogP contribution is 2.36. The molecule has 0 spiro atoms. The average Bonchev–Trinajstić information content (AvgIpc) is 3.32. The second-order valence-corrected chi connectivity index (χ2v) is 14.7. The molecule has 5 rings (SSSR count). The van der Waals surface area contributed by atoms with Gasteiger partial charge in [-0.2, -0.15) is 4.31 Å². The topological polar surface area (TPSA) is 104 Å². The Hall–Kier alpha value is -2.92. The summed E-state index contributed by atoms with van der Waals surface area (Å²) in [7, 11) is -7.46. The van der Waals surface area contributed by atoms with Crippen LogP contribution in [0.5, 0.6) is 0 Å². The van der Waals surface area contributed by atoms with E-state index in [-0.39, 0.29) is 29.8 Å². The molecule has 2 aliphatic rings. The molecule has 212 valence electrons. The second kappa shape index (κ2) is 10.8. The van der Waals surface area contributed by atoms with Crippen LogP contribution in [0.25, 0.3) is 0 Å². The fraction of sp³-hybridized carbons (Fsp3) is 0.345. The van der Waals surface area contributed by atoms with Crippen LogP contribution in [-0.2, 0) is 31.3 Å². The largest absolute Gasteiger partial charge is 0.326 e. The van der Waals surface area contributed by atoms with Crippen molar-refractivity contribution < 1.29 is 21.6 Å². The molecule has 8 nitrogen and oxygen atoms in total. The highest BCUT2D eigenvalue weighted by atomic mass is 35.5. The predicted molar refractivity (Wildman–Crippen MR) is 157 cm³/mol. The molecule has 0 radical (unpaired) electrons. The number of hydrogen-bond acceptors (Lipinski definition) is 5. The first-order valence-electron chi connectivity index (χ1n) is 13.2. The number of fused-ring (bicyclic) bond motifs is 1. The highest BCUT2D eigenvalue weighted by Gasteiger charge is 2.35. The molecule has 0 saturated carbocycles. The van der Waals surface area contributed by atoms with Crippen molar-refractivity contribution in [1.29, 1.82) is 0 Å². The van der Waals surface area contributed by atoms with Crippen molar-refractivity contribution in [1.82, 2.24) is 4.31 Å². The monoisotopic (exact) mass is 601 g/mol. The lowest BCUT2D eigenvalue weighted by molar-refractivity contribution is -0.120. The van der Waals surface area contributed by atoms with Gasteiger partial charge in [0.25, 0.3) is 10.0 Å². The highest BCUT2D eigenvalue weighted by molar-refractivity contribution is 7.92. The molecule has 3 aromatic rings. The standard InChI is InChI=1S/C29H32ClN3O5S2/c1-19-16-20(2)28(21(3)17-19)40(37,38)32-13-10-23(11-14-32)29(34)31-25-7-4-22-12-15-33(27(22)18-25)39(35,36)26-8-5-24(30)6-9-26/h4-9,16-18,23H,10-15H2,1-3H3,(H,31,34). The summed E-state index contributed by atoms with van der Waals surface area (Å²) in [6.07, 6.45) is 1.37. The Kier molecular flexibility index (Phi) is 7.73. The van der Waals surface area contributed by atoms with Gasteiger partial charge in [0.05, 0.1) is 15.5 Å². The van der Waals surface area contributed by atoms with Crippen LogP contribution in [0.4, 0.5) is 11.4 Å². The molecule has 0 aromatic heterocycles. The number of nitrogens with zero attached hydrogens (tertiary/aromatic N) is 2. The van der Waals surface area contributed by atoms with Gasteiger partial charge in [-0.05, 0) is 93.1 Å². The number of anilines is 2. The van der Waals surface area contributed by atoms with Gasteiger partial charge in [0.15, 0.2) is 0 Å². The van der Waals surface area contributed by atoms with Crippen molar-refractivity contribution in [3.8, 4) is 0 Å². The summed E-state index contributed by atoms with van der Waals surface area (Å²) in [5.74, 6) is -0.557. The third-order valence-electron chi connectivity index (χ3n) is 7.63. The normalized spacial score (nSPS) is 16.6. The number of rotatable bonds is 6. The van der Waals surface area contributed by atoms with Crippen molar-refractivity contribution >= 4 is 48.9 Å². The number of nitrogens with one attached hydrogen (secondary N) is 1. The molecular weight excluding hydrogens is 570 g/mol. The van der Waals surface area contributed by atoms with Gasteiger partial charge in [0.2, 0.25) is 15.9 Å². The van der Waals surface area contributed by atoms with Gasteiger partial charge in [-0.15, -0.1) is 0 Å². The summed E-state index contributed by atoms with van der Waals surface area (Å²) in [6, 6.07) is 15.1. The van der Waals surface area contributed by atoms with Crippen LogP contribution in [0, 0.1) is 26.7 Å². The van der Waals surface area contributed by atoms with E-state index in [1.165, 1.54) is 20.7 Å². The van der Waals surface area contributed by atoms with Gasteiger partial charge in [0.1, 0.15) is 0 Å². The minimum Gasteiger partial charge on any atom is -0.326 e. The number of piperidine rings is 1. The van der Waals surface area contributed by atoms with Crippen molar-refractivity contribution in [2.45, 2.75) is 49.8 Å². The van der Waals surface area contributed by atoms with Gasteiger partial charge >= 0.3 is 0 Å². The van der Waals surface area contributed by atoms with Crippen molar-refractivity contribution in [2.24, 2.45) is 5.92 Å². The third kappa shape index (κ3) is 5.37. The van der Waals surface area contributed by atoms with Gasteiger partial charge in [-0.25, -0.2) is 16.8 Å². The lowest BCUT2D eigenvalue weighted by Crippen LogP contribution is -2.41. The Balaban J connectivity index is 1.27. The molecule has 0 bridgehead atoms. The van der Waals surface area contributed by atoms with E-state index in [1.807, 2.05) is 39.0 Å². The molecule has 1 saturated heterocycles. The number of amides is 1. The van der Waals surface area contributed by atoms with Gasteiger partial charge < -0.3 is 5.32 Å². The summed E-state index contributed by atoms with van der Waals surface area (Å²) in [4.78, 5) is 13.6. The van der Waals surface area contributed by atoms with Crippen LogP contribution in [0.2, 0.25) is 5.02 Å². The molecule has 0 unspecified atom stereocenters. The number of benzene rings is 3. The molecule has 2 aliphatic heterocycles. The summed E-state index contributed by atoms with van der Waals surface area (Å²) in [6.45, 7) is 6.38. The molecule has 0 aliphatic carbocycles. The fourth-order valence-corrected chi connectivity index (χ4v) is 9.22. The first-order chi connectivity index (χ1) is 18.9. The Morgan fingerprint density at radius 2 is 1.48 bits per heavy atom. The summed E-state index contributed by atoms with van der Waals surface area (Å²) >= 11 is 5.93. The number of aryl methyl sites for hydroxylation is 3. The quantitative estimate of drug-likeness (QED) is 0.425. The number of carbonyl (C=O) groups excluding carboxylic acids is 1. The van der Waals surface area contributed by atoms with Crippen molar-refractivity contribution in [2.75, 3.05) is 29.3 Å². The zero-order chi connectivity index (χ0) is 28.8. The van der Waals surface area contributed by atoms with E-state index in [0.717, 1.165) is 22.3 Å². The second-order valence-electron chi connectivity index (χ2n) is 10.5. The molecule has 11 heteroatoms. The van der Waals surface area contributed by atoms with E-state index in [4.69, 9.17) is 11.6 Å². The number of halogens is 1. The van der Waals surface area contributed by atoms with E-state index in [2.05, 4.69) is 5.32 Å². The SMILES string of the molecule is Cc1cc(C)c(S(=O)(=O)N2CCC(C(=O)Nc3ccc4c(c3)N(S(=O)(=O)c3ccc(Cl)cc3)CC4)CC2)c(C)c1. The van der Waals surface area contributed by atoms with Crippen molar-refractivity contribution in [3.05, 3.63) is 81.9 Å². The Morgan fingerprint density at radius 3 is 2.10 bits per heavy atom. The molecule has 2 heterocycles. The lowest BCUT2D eigenvalue weighted by atomic mass is 9.97. The lowest BCUT2D eigenvalue weighted by Gasteiger charge is -2.31. The molecular formula is C29H32ClN3O5S2. The molecule has 1 fully saturated rings. The molecule has 0 atom stereocenters. The molecule has 1 N–H and O–H groups in total. The maximum atomic E-state index is 13.4. The van der Waals surface area contributed by atoms with E-state index in [1.54, 1.807) is 24.3 Å². The Bertz CT molecular complexity index is 1660. The van der Waals surface area contributed by atoms with Crippen molar-refractivity contribution in [3.63, 3.8) is 0 Å². The van der Waals surface area contributed by atoms with Crippen LogP contribution in [0.3, 0.4) is 0 Å². The summed E-state index contributed by atoms with van der Waals surface area (Å²) in [5, 5.41) is 3.38. The van der Waals surface area contributed by atoms with E-state index < -0.39 is 20.0 Å². The van der Waals surface area contributed by atoms with E-state index in [0.29, 0.717) is 47.1 Å². The number of carbonyl (C=O) groups is 1. The number of hydrogen-bond donors (Lipinski definition) is 1. The van der Waals surface area contributed by atoms with Crippen LogP contribution in [-0.4, -0.2) is 46.7 Å². The Morgan fingerprint density at radius 1 is 0.850 bits per heavy atom. The minimum absolute atomic E-state index is 0.150. The van der Waals surface area contributed by atoms with Crippen LogP contribution in [0.15, 0.2) is 64.4 Å². The zero-order valence-electron chi connectivity index (χ0n) is 22.6. The summed E-state index contributed by atoms with van der Waals surface area (Å²) in [5.41, 5.74) is 4.39. The van der Waals surface area contributed by atoms with Crippen LogP contribution < -0.4 is 9.62 Å². The van der Waals surface area contributed by atoms with Gasteiger partial charge in [-0.3, -0.25) is 9.10 Å². The smallest absolute Gasteiger partial charge is 0.264 e. The van der Waals surface area contributed by atoms with Crippen LogP contribution >= 0.6 is 11.6 Å². The first kappa shape index (κ1) is 28.6. The van der Waals surface area contributed by atoms with E-state index in [9.17, 15) is 21.6 Å². The van der Waals surface area contributed by atoms with E-state index >= 15 is 0 Å². The zero-order valence-corrected chi connectivity index (χ0v) is 25.0. The fourth-order valence-electron chi connectivity index (χ4n) is 5.72. The maximum Gasteiger partial charge on any atom is 0.264 e. The van der Waals surface area contributed by atoms with Gasteiger partial charge in [0, 0.05) is 36.3 Å². The van der Waals surface area contributed by atoms with Gasteiger partial charge in [-0.1, -0.05) is 35.4 Å². The summed E-state index contributed by atoms with van der Waals surface area (Å²) < 4.78 is 56.3. The number of sulfonamides is 2. The average molecular weight is 602 g/mol. The third-order valence-corrected chi connectivity index (χ3v) is 11.9. The molecule has 40 heavy (non-hydrogen) atoms. The first-order valence-corrected chi connectivity index (χ1v) is 16.4. The Labute approximate surface area is 241 Å².